The zero-order valence-corrected chi connectivity index (χ0v) is 11.6. The van der Waals surface area contributed by atoms with Gasteiger partial charge in [0.2, 0.25) is 0 Å². The van der Waals surface area contributed by atoms with Gasteiger partial charge in [-0.15, -0.1) is 0 Å². The molecule has 3 N–H and O–H groups in total. The van der Waals surface area contributed by atoms with Crippen LogP contribution in [0.3, 0.4) is 0 Å². The summed E-state index contributed by atoms with van der Waals surface area (Å²) in [4.78, 5) is 0. The summed E-state index contributed by atoms with van der Waals surface area (Å²) in [5.74, 6) is 0. The molecule has 0 amide bonds. The second-order valence-corrected chi connectivity index (χ2v) is 5.09. The van der Waals surface area contributed by atoms with Gasteiger partial charge in [-0.05, 0) is 13.8 Å². The number of aromatic amines is 1. The van der Waals surface area contributed by atoms with Gasteiger partial charge < -0.3 is 5.73 Å². The average molecular weight is 263 g/mol. The third-order valence-corrected chi connectivity index (χ3v) is 3.47. The number of nitrogens with two attached hydrogens (primary N) is 1. The van der Waals surface area contributed by atoms with Crippen LogP contribution in [0.2, 0.25) is 0 Å². The van der Waals surface area contributed by atoms with Crippen molar-refractivity contribution < 1.29 is 0 Å². The first-order valence-electron chi connectivity index (χ1n) is 6.63. The van der Waals surface area contributed by atoms with E-state index in [4.69, 9.17) is 5.73 Å². The second kappa shape index (κ2) is 4.85. The van der Waals surface area contributed by atoms with Crippen molar-refractivity contribution in [2.45, 2.75) is 13.8 Å². The number of nitrogen functional groups attached to an aromatic ring is 1. The molecule has 0 saturated carbocycles. The standard InChI is InChI=1S/C17H17N3/c1-11-3-7-13(8-4-11)16-15(18)17(20-19-16)14-9-5-12(2)6-10-14/h3-10H,18H2,1-2H3,(H,19,20). The summed E-state index contributed by atoms with van der Waals surface area (Å²) in [5.41, 5.74) is 13.2. The van der Waals surface area contributed by atoms with E-state index in [2.05, 4.69) is 60.4 Å². The van der Waals surface area contributed by atoms with Crippen LogP contribution in [0.15, 0.2) is 48.5 Å². The Morgan fingerprint density at radius 1 is 0.800 bits per heavy atom. The Morgan fingerprint density at radius 2 is 1.30 bits per heavy atom. The molecule has 3 heteroatoms. The summed E-state index contributed by atoms with van der Waals surface area (Å²) in [7, 11) is 0. The molecule has 0 saturated heterocycles. The number of aryl methyl sites for hydroxylation is 2. The van der Waals surface area contributed by atoms with E-state index in [1.165, 1.54) is 11.1 Å². The van der Waals surface area contributed by atoms with Crippen molar-refractivity contribution in [3.05, 3.63) is 59.7 Å². The van der Waals surface area contributed by atoms with Crippen molar-refractivity contribution in [2.24, 2.45) is 0 Å². The molecular weight excluding hydrogens is 246 g/mol. The Kier molecular flexibility index (Phi) is 3.03. The van der Waals surface area contributed by atoms with Gasteiger partial charge in [-0.2, -0.15) is 5.10 Å². The SMILES string of the molecule is Cc1ccc(-c2n[nH]c(-c3ccc(C)cc3)c2N)cc1. The highest BCUT2D eigenvalue weighted by atomic mass is 15.1. The molecule has 0 fully saturated rings. The van der Waals surface area contributed by atoms with Gasteiger partial charge in [0.25, 0.3) is 0 Å². The smallest absolute Gasteiger partial charge is 0.116 e. The van der Waals surface area contributed by atoms with Crippen LogP contribution in [-0.2, 0) is 0 Å². The number of anilines is 1. The lowest BCUT2D eigenvalue weighted by Gasteiger charge is -2.02. The number of hydrogen-bond acceptors (Lipinski definition) is 2. The highest BCUT2D eigenvalue weighted by Gasteiger charge is 2.13. The first kappa shape index (κ1) is 12.5. The summed E-state index contributed by atoms with van der Waals surface area (Å²) in [6.07, 6.45) is 0. The van der Waals surface area contributed by atoms with Gasteiger partial charge in [0.1, 0.15) is 5.69 Å². The molecule has 20 heavy (non-hydrogen) atoms. The van der Waals surface area contributed by atoms with Crippen molar-refractivity contribution in [3.8, 4) is 22.5 Å². The molecule has 0 aliphatic heterocycles. The number of hydrogen-bond donors (Lipinski definition) is 2. The van der Waals surface area contributed by atoms with Gasteiger partial charge in [-0.1, -0.05) is 59.7 Å². The summed E-state index contributed by atoms with van der Waals surface area (Å²) >= 11 is 0. The van der Waals surface area contributed by atoms with Crippen LogP contribution in [0.4, 0.5) is 5.69 Å². The lowest BCUT2D eigenvalue weighted by molar-refractivity contribution is 1.10. The Labute approximate surface area is 118 Å². The van der Waals surface area contributed by atoms with E-state index < -0.39 is 0 Å². The monoisotopic (exact) mass is 263 g/mol. The molecule has 0 aliphatic carbocycles. The minimum Gasteiger partial charge on any atom is -0.395 e. The van der Waals surface area contributed by atoms with E-state index in [0.717, 1.165) is 22.5 Å². The fourth-order valence-corrected chi connectivity index (χ4v) is 2.22. The van der Waals surface area contributed by atoms with Gasteiger partial charge in [0.15, 0.2) is 0 Å². The molecule has 3 nitrogen and oxygen atoms in total. The molecule has 100 valence electrons. The van der Waals surface area contributed by atoms with Gasteiger partial charge in [-0.3, -0.25) is 5.10 Å². The minimum absolute atomic E-state index is 0.692. The molecule has 0 bridgehead atoms. The maximum absolute atomic E-state index is 6.25. The topological polar surface area (TPSA) is 54.7 Å². The highest BCUT2D eigenvalue weighted by molar-refractivity contribution is 5.84. The number of rotatable bonds is 2. The lowest BCUT2D eigenvalue weighted by atomic mass is 10.0. The molecular formula is C17H17N3. The van der Waals surface area contributed by atoms with Crippen LogP contribution in [-0.4, -0.2) is 10.2 Å². The maximum Gasteiger partial charge on any atom is 0.116 e. The number of nitrogens with zero attached hydrogens (tertiary/aromatic N) is 1. The van der Waals surface area contributed by atoms with Gasteiger partial charge >= 0.3 is 0 Å². The summed E-state index contributed by atoms with van der Waals surface area (Å²) < 4.78 is 0. The Balaban J connectivity index is 2.04. The third-order valence-electron chi connectivity index (χ3n) is 3.47. The minimum atomic E-state index is 0.692. The summed E-state index contributed by atoms with van der Waals surface area (Å²) in [6, 6.07) is 16.5. The van der Waals surface area contributed by atoms with E-state index in [-0.39, 0.29) is 0 Å². The van der Waals surface area contributed by atoms with E-state index in [1.54, 1.807) is 0 Å². The number of benzene rings is 2. The van der Waals surface area contributed by atoms with Crippen LogP contribution >= 0.6 is 0 Å². The van der Waals surface area contributed by atoms with Gasteiger partial charge in [0.05, 0.1) is 11.4 Å². The van der Waals surface area contributed by atoms with Crippen LogP contribution in [0, 0.1) is 13.8 Å². The Hall–Kier alpha value is -2.55. The van der Waals surface area contributed by atoms with Crippen LogP contribution < -0.4 is 5.73 Å². The molecule has 3 aromatic rings. The summed E-state index contributed by atoms with van der Waals surface area (Å²) in [5, 5.41) is 7.41. The first-order valence-corrected chi connectivity index (χ1v) is 6.63. The van der Waals surface area contributed by atoms with Crippen LogP contribution in [0.25, 0.3) is 22.5 Å². The molecule has 0 unspecified atom stereocenters. The van der Waals surface area contributed by atoms with Gasteiger partial charge in [0, 0.05) is 11.1 Å². The molecule has 0 spiro atoms. The van der Waals surface area contributed by atoms with Crippen molar-refractivity contribution in [1.29, 1.82) is 0 Å². The first-order chi connectivity index (χ1) is 9.65. The lowest BCUT2D eigenvalue weighted by Crippen LogP contribution is -1.90. The molecule has 1 heterocycles. The fraction of sp³-hybridized carbons (Fsp3) is 0.118. The van der Waals surface area contributed by atoms with Crippen molar-refractivity contribution in [1.82, 2.24) is 10.2 Å². The maximum atomic E-state index is 6.25. The molecule has 1 aromatic heterocycles. The highest BCUT2D eigenvalue weighted by Crippen LogP contribution is 2.32. The van der Waals surface area contributed by atoms with Crippen molar-refractivity contribution >= 4 is 5.69 Å². The van der Waals surface area contributed by atoms with E-state index >= 15 is 0 Å². The zero-order valence-electron chi connectivity index (χ0n) is 11.6. The molecule has 0 radical (unpaired) electrons. The number of H-pyrrole nitrogens is 1. The largest absolute Gasteiger partial charge is 0.395 e. The van der Waals surface area contributed by atoms with Crippen LogP contribution in [0.1, 0.15) is 11.1 Å². The predicted octanol–water partition coefficient (Wildman–Crippen LogP) is 3.94. The molecule has 0 atom stereocenters. The van der Waals surface area contributed by atoms with Crippen molar-refractivity contribution in [2.75, 3.05) is 5.73 Å². The predicted molar refractivity (Wildman–Crippen MR) is 83.3 cm³/mol. The van der Waals surface area contributed by atoms with Crippen LogP contribution in [0.5, 0.6) is 0 Å². The average Bonchev–Trinajstić information content (AvgIpc) is 2.83. The Morgan fingerprint density at radius 3 is 1.85 bits per heavy atom. The third kappa shape index (κ3) is 2.18. The quantitative estimate of drug-likeness (QED) is 0.735. The van der Waals surface area contributed by atoms with Crippen molar-refractivity contribution in [3.63, 3.8) is 0 Å². The van der Waals surface area contributed by atoms with Gasteiger partial charge in [-0.25, -0.2) is 0 Å². The Bertz CT molecular complexity index is 659. The summed E-state index contributed by atoms with van der Waals surface area (Å²) in [6.45, 7) is 4.13. The van der Waals surface area contributed by atoms with E-state index in [1.807, 2.05) is 12.1 Å². The number of nitrogens with one attached hydrogen (secondary N) is 1. The molecule has 2 aromatic carbocycles. The van der Waals surface area contributed by atoms with E-state index in [0.29, 0.717) is 5.69 Å². The number of aromatic nitrogens is 2. The molecule has 3 rings (SSSR count). The fourth-order valence-electron chi connectivity index (χ4n) is 2.22. The normalized spacial score (nSPS) is 10.7. The zero-order chi connectivity index (χ0) is 14.1. The molecule has 0 aliphatic rings. The van der Waals surface area contributed by atoms with E-state index in [9.17, 15) is 0 Å². The second-order valence-electron chi connectivity index (χ2n) is 5.09.